The highest BCUT2D eigenvalue weighted by Crippen LogP contribution is 2.33. The molecule has 0 aliphatic rings. The van der Waals surface area contributed by atoms with Crippen LogP contribution in [0.3, 0.4) is 0 Å². The molecule has 0 spiro atoms. The number of thiophene rings is 1. The van der Waals surface area contributed by atoms with Crippen LogP contribution in [0.15, 0.2) is 17.8 Å². The Labute approximate surface area is 99.2 Å². The second kappa shape index (κ2) is 4.47. The van der Waals surface area contributed by atoms with Crippen molar-refractivity contribution in [2.24, 2.45) is 5.92 Å². The van der Waals surface area contributed by atoms with Gasteiger partial charge in [-0.2, -0.15) is 0 Å². The Morgan fingerprint density at radius 1 is 1.25 bits per heavy atom. The van der Waals surface area contributed by atoms with Gasteiger partial charge < -0.3 is 5.11 Å². The van der Waals surface area contributed by atoms with E-state index in [0.717, 1.165) is 15.9 Å². The Balaban J connectivity index is 2.56. The van der Waals surface area contributed by atoms with Crippen LogP contribution in [0.25, 0.3) is 10.2 Å². The molecule has 0 bridgehead atoms. The summed E-state index contributed by atoms with van der Waals surface area (Å²) < 4.78 is 1.10. The van der Waals surface area contributed by atoms with E-state index in [2.05, 4.69) is 23.8 Å². The van der Waals surface area contributed by atoms with Gasteiger partial charge in [0.2, 0.25) is 0 Å². The van der Waals surface area contributed by atoms with Gasteiger partial charge in [0.25, 0.3) is 0 Å². The molecular formula is C12H16N2OS. The molecule has 0 radical (unpaired) electrons. The molecule has 86 valence electrons. The van der Waals surface area contributed by atoms with Crippen LogP contribution in [0.4, 0.5) is 0 Å². The van der Waals surface area contributed by atoms with Crippen molar-refractivity contribution in [3.8, 4) is 0 Å². The summed E-state index contributed by atoms with van der Waals surface area (Å²) in [5, 5.41) is 11.9. The van der Waals surface area contributed by atoms with Gasteiger partial charge in [0, 0.05) is 5.92 Å². The molecule has 0 saturated heterocycles. The predicted octanol–water partition coefficient (Wildman–Crippen LogP) is 2.81. The first-order chi connectivity index (χ1) is 7.61. The summed E-state index contributed by atoms with van der Waals surface area (Å²) in [6.45, 7) is 6.05. The maximum atomic E-state index is 9.88. The number of aliphatic hydroxyl groups excluding tert-OH is 1. The third-order valence-corrected chi connectivity index (χ3v) is 3.75. The summed E-state index contributed by atoms with van der Waals surface area (Å²) in [5.41, 5.74) is 1.95. The zero-order valence-corrected chi connectivity index (χ0v) is 10.5. The standard InChI is InChI=1S/C12H16N2OS/c1-7(2)10(8(3)15)11-12-9(4-5-16-12)13-6-14-11/h4-8,10,15H,1-3H3. The molecule has 2 rings (SSSR count). The topological polar surface area (TPSA) is 46.0 Å². The largest absolute Gasteiger partial charge is 0.393 e. The van der Waals surface area contributed by atoms with Crippen LogP contribution in [0, 0.1) is 5.92 Å². The van der Waals surface area contributed by atoms with Crippen LogP contribution < -0.4 is 0 Å². The smallest absolute Gasteiger partial charge is 0.116 e. The van der Waals surface area contributed by atoms with Gasteiger partial charge in [-0.1, -0.05) is 13.8 Å². The van der Waals surface area contributed by atoms with E-state index in [4.69, 9.17) is 0 Å². The number of fused-ring (bicyclic) bond motifs is 1. The van der Waals surface area contributed by atoms with Crippen molar-refractivity contribution in [2.45, 2.75) is 32.8 Å². The fourth-order valence-corrected chi connectivity index (χ4v) is 3.03. The highest BCUT2D eigenvalue weighted by molar-refractivity contribution is 7.17. The number of rotatable bonds is 3. The lowest BCUT2D eigenvalue weighted by molar-refractivity contribution is 0.139. The van der Waals surface area contributed by atoms with Crippen molar-refractivity contribution in [2.75, 3.05) is 0 Å². The molecule has 0 aromatic carbocycles. The SMILES string of the molecule is CC(C)C(c1ncnc2ccsc12)C(C)O. The van der Waals surface area contributed by atoms with Crippen LogP contribution in [0.2, 0.25) is 0 Å². The Hall–Kier alpha value is -1.00. The molecule has 16 heavy (non-hydrogen) atoms. The third-order valence-electron chi connectivity index (χ3n) is 2.82. The maximum Gasteiger partial charge on any atom is 0.116 e. The van der Waals surface area contributed by atoms with Gasteiger partial charge in [-0.15, -0.1) is 11.3 Å². The van der Waals surface area contributed by atoms with Gasteiger partial charge in [-0.3, -0.25) is 0 Å². The summed E-state index contributed by atoms with van der Waals surface area (Å²) in [5.74, 6) is 0.435. The maximum absolute atomic E-state index is 9.88. The normalized spacial score (nSPS) is 15.6. The van der Waals surface area contributed by atoms with E-state index in [-0.39, 0.29) is 12.0 Å². The Bertz CT molecular complexity index is 471. The average molecular weight is 236 g/mol. The molecule has 3 nitrogen and oxygen atoms in total. The summed E-state index contributed by atoms with van der Waals surface area (Å²) in [6, 6.07) is 1.99. The minimum atomic E-state index is -0.389. The molecule has 2 unspecified atom stereocenters. The van der Waals surface area contributed by atoms with Gasteiger partial charge >= 0.3 is 0 Å². The molecule has 0 saturated carbocycles. The Morgan fingerprint density at radius 3 is 2.62 bits per heavy atom. The van der Waals surface area contributed by atoms with Crippen molar-refractivity contribution in [3.63, 3.8) is 0 Å². The second-order valence-corrected chi connectivity index (χ2v) is 5.32. The van der Waals surface area contributed by atoms with Crippen LogP contribution >= 0.6 is 11.3 Å². The first-order valence-electron chi connectivity index (χ1n) is 5.47. The number of aromatic nitrogens is 2. The molecule has 1 N–H and O–H groups in total. The van der Waals surface area contributed by atoms with Crippen LogP contribution in [0.5, 0.6) is 0 Å². The van der Waals surface area contributed by atoms with Crippen molar-refractivity contribution < 1.29 is 5.11 Å². The highest BCUT2D eigenvalue weighted by atomic mass is 32.1. The lowest BCUT2D eigenvalue weighted by Gasteiger charge is -2.23. The van der Waals surface area contributed by atoms with E-state index < -0.39 is 0 Å². The van der Waals surface area contributed by atoms with E-state index in [1.165, 1.54) is 0 Å². The Kier molecular flexibility index (Phi) is 3.21. The molecule has 0 aliphatic heterocycles. The average Bonchev–Trinajstić information content (AvgIpc) is 2.65. The quantitative estimate of drug-likeness (QED) is 0.891. The van der Waals surface area contributed by atoms with E-state index in [1.807, 2.05) is 18.4 Å². The molecule has 2 heterocycles. The van der Waals surface area contributed by atoms with E-state index in [9.17, 15) is 5.11 Å². The number of hydrogen-bond acceptors (Lipinski definition) is 4. The van der Waals surface area contributed by atoms with E-state index in [0.29, 0.717) is 5.92 Å². The van der Waals surface area contributed by atoms with Gasteiger partial charge in [-0.05, 0) is 24.3 Å². The second-order valence-electron chi connectivity index (χ2n) is 4.40. The predicted molar refractivity (Wildman–Crippen MR) is 66.7 cm³/mol. The molecular weight excluding hydrogens is 220 g/mol. The van der Waals surface area contributed by atoms with Crippen molar-refractivity contribution >= 4 is 21.6 Å². The van der Waals surface area contributed by atoms with Gasteiger partial charge in [0.05, 0.1) is 22.0 Å². The molecule has 4 heteroatoms. The zero-order chi connectivity index (χ0) is 11.7. The van der Waals surface area contributed by atoms with Crippen LogP contribution in [-0.4, -0.2) is 21.2 Å². The first kappa shape index (κ1) is 11.5. The molecule has 0 amide bonds. The minimum absolute atomic E-state index is 0.0733. The first-order valence-corrected chi connectivity index (χ1v) is 6.35. The van der Waals surface area contributed by atoms with Gasteiger partial charge in [0.1, 0.15) is 6.33 Å². The molecule has 2 aromatic heterocycles. The molecule has 2 atom stereocenters. The van der Waals surface area contributed by atoms with Gasteiger partial charge in [0.15, 0.2) is 0 Å². The van der Waals surface area contributed by atoms with Crippen LogP contribution in [0.1, 0.15) is 32.4 Å². The summed E-state index contributed by atoms with van der Waals surface area (Å²) in [4.78, 5) is 8.58. The lowest BCUT2D eigenvalue weighted by Crippen LogP contribution is -2.21. The highest BCUT2D eigenvalue weighted by Gasteiger charge is 2.25. The summed E-state index contributed by atoms with van der Waals surface area (Å²) >= 11 is 1.64. The van der Waals surface area contributed by atoms with E-state index in [1.54, 1.807) is 17.7 Å². The Morgan fingerprint density at radius 2 is 2.00 bits per heavy atom. The van der Waals surface area contributed by atoms with Crippen molar-refractivity contribution in [1.29, 1.82) is 0 Å². The van der Waals surface area contributed by atoms with Crippen LogP contribution in [-0.2, 0) is 0 Å². The lowest BCUT2D eigenvalue weighted by atomic mass is 9.88. The number of aliphatic hydroxyl groups is 1. The van der Waals surface area contributed by atoms with Crippen molar-refractivity contribution in [3.05, 3.63) is 23.5 Å². The van der Waals surface area contributed by atoms with Gasteiger partial charge in [-0.25, -0.2) is 9.97 Å². The summed E-state index contributed by atoms with van der Waals surface area (Å²) in [6.07, 6.45) is 1.20. The van der Waals surface area contributed by atoms with E-state index >= 15 is 0 Å². The molecule has 0 aliphatic carbocycles. The zero-order valence-electron chi connectivity index (χ0n) is 9.71. The fraction of sp³-hybridized carbons (Fsp3) is 0.500. The molecule has 2 aromatic rings. The minimum Gasteiger partial charge on any atom is -0.393 e. The van der Waals surface area contributed by atoms with Crippen molar-refractivity contribution in [1.82, 2.24) is 9.97 Å². The number of hydrogen-bond donors (Lipinski definition) is 1. The molecule has 0 fully saturated rings. The fourth-order valence-electron chi connectivity index (χ4n) is 2.15. The number of nitrogens with zero attached hydrogens (tertiary/aromatic N) is 2. The summed E-state index contributed by atoms with van der Waals surface area (Å²) in [7, 11) is 0. The monoisotopic (exact) mass is 236 g/mol. The third kappa shape index (κ3) is 1.95.